The van der Waals surface area contributed by atoms with Crippen LogP contribution in [-0.2, 0) is 4.79 Å². The first-order valence-electron chi connectivity index (χ1n) is 6.94. The normalized spacial score (nSPS) is 16.1. The lowest BCUT2D eigenvalue weighted by molar-refractivity contribution is -0.131. The number of hydrogen-bond donors (Lipinski definition) is 0. The van der Waals surface area contributed by atoms with Crippen molar-refractivity contribution >= 4 is 34.8 Å². The maximum atomic E-state index is 12.3. The minimum Gasteiger partial charge on any atom is -0.341 e. The first-order valence-corrected chi connectivity index (χ1v) is 8.13. The third-order valence-corrected chi connectivity index (χ3v) is 4.60. The Balaban J connectivity index is 1.95. The molecule has 0 aliphatic carbocycles. The third kappa shape index (κ3) is 3.73. The molecule has 4 nitrogen and oxygen atoms in total. The van der Waals surface area contributed by atoms with Crippen LogP contribution in [0, 0.1) is 0 Å². The molecule has 1 aliphatic rings. The molecule has 0 aromatic carbocycles. The monoisotopic (exact) mass is 314 g/mol. The maximum Gasteiger partial charge on any atom is 0.264 e. The van der Waals surface area contributed by atoms with Gasteiger partial charge in [0, 0.05) is 32.6 Å². The summed E-state index contributed by atoms with van der Waals surface area (Å²) in [4.78, 5) is 28.6. The van der Waals surface area contributed by atoms with Crippen molar-refractivity contribution in [2.75, 3.05) is 26.2 Å². The molecule has 0 atom stereocenters. The van der Waals surface area contributed by atoms with Gasteiger partial charge in [-0.05, 0) is 25.0 Å². The van der Waals surface area contributed by atoms with Crippen LogP contribution in [0.4, 0.5) is 0 Å². The van der Waals surface area contributed by atoms with Crippen molar-refractivity contribution in [3.63, 3.8) is 0 Å². The van der Waals surface area contributed by atoms with E-state index < -0.39 is 0 Å². The molecule has 0 spiro atoms. The van der Waals surface area contributed by atoms with Gasteiger partial charge in [0.2, 0.25) is 5.91 Å². The van der Waals surface area contributed by atoms with Crippen LogP contribution in [0.5, 0.6) is 0 Å². The van der Waals surface area contributed by atoms with E-state index in [1.807, 2.05) is 16.7 Å². The Morgan fingerprint density at radius 3 is 2.55 bits per heavy atom. The van der Waals surface area contributed by atoms with Gasteiger partial charge in [-0.3, -0.25) is 9.59 Å². The second kappa shape index (κ2) is 7.09. The van der Waals surface area contributed by atoms with Gasteiger partial charge in [0.25, 0.3) is 5.91 Å². The lowest BCUT2D eigenvalue weighted by Crippen LogP contribution is -2.37. The van der Waals surface area contributed by atoms with Gasteiger partial charge in [-0.2, -0.15) is 0 Å². The summed E-state index contributed by atoms with van der Waals surface area (Å²) in [6, 6.07) is 3.51. The molecular weight excluding hydrogens is 296 g/mol. The van der Waals surface area contributed by atoms with Gasteiger partial charge in [0.05, 0.1) is 9.21 Å². The Labute approximate surface area is 128 Å². The standard InChI is InChI=1S/C14H19ClN2O2S/c1-2-4-13(18)16-7-3-8-17(10-9-16)14(19)11-5-6-12(15)20-11/h5-6H,2-4,7-10H2,1H3. The minimum absolute atomic E-state index is 0.0201. The number of carbonyl (C=O) groups is 2. The fourth-order valence-electron chi connectivity index (χ4n) is 2.33. The van der Waals surface area contributed by atoms with Crippen LogP contribution in [0.25, 0.3) is 0 Å². The van der Waals surface area contributed by atoms with E-state index in [0.29, 0.717) is 35.3 Å². The van der Waals surface area contributed by atoms with Crippen LogP contribution in [0.15, 0.2) is 12.1 Å². The van der Waals surface area contributed by atoms with Gasteiger partial charge < -0.3 is 9.80 Å². The van der Waals surface area contributed by atoms with Crippen LogP contribution in [0.1, 0.15) is 35.9 Å². The van der Waals surface area contributed by atoms with Gasteiger partial charge in [0.15, 0.2) is 0 Å². The summed E-state index contributed by atoms with van der Waals surface area (Å²) in [7, 11) is 0. The smallest absolute Gasteiger partial charge is 0.264 e. The zero-order valence-corrected chi connectivity index (χ0v) is 13.2. The number of halogens is 1. The molecule has 0 radical (unpaired) electrons. The van der Waals surface area contributed by atoms with Crippen molar-refractivity contribution in [3.8, 4) is 0 Å². The summed E-state index contributed by atoms with van der Waals surface area (Å²) in [6.45, 7) is 4.68. The summed E-state index contributed by atoms with van der Waals surface area (Å²) in [5, 5.41) is 0. The molecule has 20 heavy (non-hydrogen) atoms. The number of amides is 2. The van der Waals surface area contributed by atoms with Crippen LogP contribution in [0.2, 0.25) is 4.34 Å². The van der Waals surface area contributed by atoms with E-state index in [2.05, 4.69) is 0 Å². The summed E-state index contributed by atoms with van der Waals surface area (Å²) >= 11 is 7.18. The predicted octanol–water partition coefficient (Wildman–Crippen LogP) is 2.88. The largest absolute Gasteiger partial charge is 0.341 e. The fraction of sp³-hybridized carbons (Fsp3) is 0.571. The topological polar surface area (TPSA) is 40.6 Å². The van der Waals surface area contributed by atoms with Gasteiger partial charge in [-0.1, -0.05) is 18.5 Å². The highest BCUT2D eigenvalue weighted by Crippen LogP contribution is 2.23. The maximum absolute atomic E-state index is 12.3. The summed E-state index contributed by atoms with van der Waals surface area (Å²) in [6.07, 6.45) is 2.29. The second-order valence-corrected chi connectivity index (χ2v) is 6.60. The molecule has 1 aromatic rings. The molecule has 2 amide bonds. The highest BCUT2D eigenvalue weighted by molar-refractivity contribution is 7.17. The van der Waals surface area contributed by atoms with Crippen LogP contribution in [-0.4, -0.2) is 47.8 Å². The van der Waals surface area contributed by atoms with E-state index in [0.717, 1.165) is 19.4 Å². The zero-order valence-electron chi connectivity index (χ0n) is 11.6. The lowest BCUT2D eigenvalue weighted by atomic mass is 10.3. The quantitative estimate of drug-likeness (QED) is 0.860. The average molecular weight is 315 g/mol. The zero-order chi connectivity index (χ0) is 14.5. The molecule has 6 heteroatoms. The number of thiophene rings is 1. The van der Waals surface area contributed by atoms with E-state index in [1.165, 1.54) is 11.3 Å². The van der Waals surface area contributed by atoms with Crippen LogP contribution in [0.3, 0.4) is 0 Å². The minimum atomic E-state index is 0.0201. The summed E-state index contributed by atoms with van der Waals surface area (Å²) < 4.78 is 0.628. The van der Waals surface area contributed by atoms with Gasteiger partial charge in [0.1, 0.15) is 0 Å². The van der Waals surface area contributed by atoms with E-state index >= 15 is 0 Å². The average Bonchev–Trinajstić information content (AvgIpc) is 2.72. The Kier molecular flexibility index (Phi) is 5.43. The molecule has 0 N–H and O–H groups in total. The number of rotatable bonds is 3. The van der Waals surface area contributed by atoms with Gasteiger partial charge in [-0.25, -0.2) is 0 Å². The fourth-order valence-corrected chi connectivity index (χ4v) is 3.34. The molecule has 1 fully saturated rings. The van der Waals surface area contributed by atoms with Crippen molar-refractivity contribution in [1.82, 2.24) is 9.80 Å². The van der Waals surface area contributed by atoms with E-state index in [-0.39, 0.29) is 11.8 Å². The van der Waals surface area contributed by atoms with E-state index in [1.54, 1.807) is 12.1 Å². The lowest BCUT2D eigenvalue weighted by Gasteiger charge is -2.21. The highest BCUT2D eigenvalue weighted by atomic mass is 35.5. The molecule has 0 saturated carbocycles. The van der Waals surface area contributed by atoms with Crippen molar-refractivity contribution < 1.29 is 9.59 Å². The highest BCUT2D eigenvalue weighted by Gasteiger charge is 2.23. The first kappa shape index (κ1) is 15.3. The molecule has 2 heterocycles. The molecule has 0 unspecified atom stereocenters. The molecule has 1 aliphatic heterocycles. The molecular formula is C14H19ClN2O2S. The molecule has 1 saturated heterocycles. The van der Waals surface area contributed by atoms with Gasteiger partial charge in [-0.15, -0.1) is 11.3 Å². The van der Waals surface area contributed by atoms with Crippen LogP contribution >= 0.6 is 22.9 Å². The number of hydrogen-bond acceptors (Lipinski definition) is 3. The Morgan fingerprint density at radius 1 is 1.20 bits per heavy atom. The number of carbonyl (C=O) groups excluding carboxylic acids is 2. The van der Waals surface area contributed by atoms with Crippen molar-refractivity contribution in [1.29, 1.82) is 0 Å². The Hall–Kier alpha value is -1.07. The molecule has 110 valence electrons. The predicted molar refractivity (Wildman–Crippen MR) is 81.3 cm³/mol. The van der Waals surface area contributed by atoms with Crippen LogP contribution < -0.4 is 0 Å². The van der Waals surface area contributed by atoms with Gasteiger partial charge >= 0.3 is 0 Å². The molecule has 2 rings (SSSR count). The summed E-state index contributed by atoms with van der Waals surface area (Å²) in [5.74, 6) is 0.215. The Bertz CT molecular complexity index is 489. The second-order valence-electron chi connectivity index (χ2n) is 4.88. The van der Waals surface area contributed by atoms with E-state index in [9.17, 15) is 9.59 Å². The first-order chi connectivity index (χ1) is 9.61. The summed E-state index contributed by atoms with van der Waals surface area (Å²) in [5.41, 5.74) is 0. The molecule has 1 aromatic heterocycles. The number of nitrogens with zero attached hydrogens (tertiary/aromatic N) is 2. The van der Waals surface area contributed by atoms with Crippen molar-refractivity contribution in [3.05, 3.63) is 21.3 Å². The SMILES string of the molecule is CCCC(=O)N1CCCN(C(=O)c2ccc(Cl)s2)CC1. The Morgan fingerprint density at radius 2 is 1.90 bits per heavy atom. The van der Waals surface area contributed by atoms with Crippen molar-refractivity contribution in [2.24, 2.45) is 0 Å². The third-order valence-electron chi connectivity index (χ3n) is 3.38. The van der Waals surface area contributed by atoms with Crippen molar-refractivity contribution in [2.45, 2.75) is 26.2 Å². The van der Waals surface area contributed by atoms with E-state index in [4.69, 9.17) is 11.6 Å². The molecule has 0 bridgehead atoms.